The quantitative estimate of drug-likeness (QED) is 0.860. The van der Waals surface area contributed by atoms with Crippen LogP contribution < -0.4 is 5.32 Å². The molecule has 0 radical (unpaired) electrons. The summed E-state index contributed by atoms with van der Waals surface area (Å²) in [7, 11) is -3.31. The Morgan fingerprint density at radius 3 is 2.62 bits per heavy atom. The van der Waals surface area contributed by atoms with Gasteiger partial charge in [0.05, 0.1) is 5.92 Å². The lowest BCUT2D eigenvalue weighted by atomic mass is 9.82. The van der Waals surface area contributed by atoms with Crippen molar-refractivity contribution >= 4 is 21.6 Å². The van der Waals surface area contributed by atoms with E-state index in [9.17, 15) is 13.2 Å². The number of carboxylic acid groups (broad SMARTS) is 1. The summed E-state index contributed by atoms with van der Waals surface area (Å²) in [6.07, 6.45) is 5.76. The summed E-state index contributed by atoms with van der Waals surface area (Å²) < 4.78 is 23.4. The second-order valence-corrected chi connectivity index (χ2v) is 7.54. The van der Waals surface area contributed by atoms with E-state index in [-0.39, 0.29) is 10.8 Å². The van der Waals surface area contributed by atoms with E-state index in [4.69, 9.17) is 5.11 Å². The van der Waals surface area contributed by atoms with Crippen LogP contribution in [0.15, 0.2) is 23.2 Å². The fourth-order valence-corrected chi connectivity index (χ4v) is 3.48. The molecule has 0 atom stereocenters. The molecule has 0 saturated heterocycles. The van der Waals surface area contributed by atoms with Gasteiger partial charge < -0.3 is 10.4 Å². The van der Waals surface area contributed by atoms with E-state index in [1.54, 1.807) is 12.3 Å². The predicted octanol–water partition coefficient (Wildman–Crippen LogP) is 1.79. The minimum Gasteiger partial charge on any atom is -0.481 e. The summed E-state index contributed by atoms with van der Waals surface area (Å²) in [4.78, 5) is 15.2. The van der Waals surface area contributed by atoms with Crippen LogP contribution in [-0.2, 0) is 14.6 Å². The fraction of sp³-hybridized carbons (Fsp3) is 0.571. The summed E-state index contributed by atoms with van der Waals surface area (Å²) in [6.45, 7) is 0.617. The van der Waals surface area contributed by atoms with E-state index in [0.29, 0.717) is 31.1 Å². The summed E-state index contributed by atoms with van der Waals surface area (Å²) in [5, 5.41) is 12.1. The molecule has 2 rings (SSSR count). The Bertz CT molecular complexity index is 607. The van der Waals surface area contributed by atoms with Gasteiger partial charge in [0.25, 0.3) is 0 Å². The van der Waals surface area contributed by atoms with Crippen LogP contribution in [0.3, 0.4) is 0 Å². The zero-order valence-corrected chi connectivity index (χ0v) is 12.8. The molecular formula is C14H20N2O4S. The van der Waals surface area contributed by atoms with Crippen LogP contribution in [-0.4, -0.2) is 37.3 Å². The molecule has 0 spiro atoms. The molecule has 1 aliphatic rings. The van der Waals surface area contributed by atoms with Gasteiger partial charge in [-0.2, -0.15) is 0 Å². The van der Waals surface area contributed by atoms with Crippen molar-refractivity contribution in [1.29, 1.82) is 0 Å². The number of anilines is 1. The van der Waals surface area contributed by atoms with Gasteiger partial charge in [0, 0.05) is 19.0 Å². The minimum atomic E-state index is -3.31. The van der Waals surface area contributed by atoms with Crippen LogP contribution in [0, 0.1) is 11.8 Å². The highest BCUT2D eigenvalue weighted by molar-refractivity contribution is 7.90. The van der Waals surface area contributed by atoms with Gasteiger partial charge >= 0.3 is 5.97 Å². The van der Waals surface area contributed by atoms with Gasteiger partial charge in [0.15, 0.2) is 9.84 Å². The molecule has 0 bridgehead atoms. The number of nitrogens with zero attached hydrogens (tertiary/aromatic N) is 1. The third-order valence-corrected chi connectivity index (χ3v) is 5.05. The van der Waals surface area contributed by atoms with Crippen molar-refractivity contribution in [3.8, 4) is 0 Å². The Morgan fingerprint density at radius 2 is 2.05 bits per heavy atom. The van der Waals surface area contributed by atoms with Gasteiger partial charge in [-0.15, -0.1) is 0 Å². The second-order valence-electron chi connectivity index (χ2n) is 5.56. The second kappa shape index (κ2) is 6.43. The molecule has 1 aliphatic carbocycles. The Hall–Kier alpha value is -1.63. The number of hydrogen-bond donors (Lipinski definition) is 2. The van der Waals surface area contributed by atoms with Crippen LogP contribution in [0.25, 0.3) is 0 Å². The minimum absolute atomic E-state index is 0.198. The Labute approximate surface area is 124 Å². The third-order valence-electron chi connectivity index (χ3n) is 3.92. The van der Waals surface area contributed by atoms with Crippen LogP contribution >= 0.6 is 0 Å². The Balaban J connectivity index is 1.95. The van der Waals surface area contributed by atoms with E-state index in [1.807, 2.05) is 0 Å². The molecule has 2 N–H and O–H groups in total. The summed E-state index contributed by atoms with van der Waals surface area (Å²) in [6, 6.07) is 3.13. The lowest BCUT2D eigenvalue weighted by Gasteiger charge is -2.26. The molecule has 0 amide bonds. The number of rotatable bonds is 5. The van der Waals surface area contributed by atoms with E-state index in [1.165, 1.54) is 6.07 Å². The van der Waals surface area contributed by atoms with Gasteiger partial charge in [-0.25, -0.2) is 13.4 Å². The molecule has 1 fully saturated rings. The SMILES string of the molecule is CS(=O)(=O)c1cccnc1NCC1CCC(C(=O)O)CC1. The van der Waals surface area contributed by atoms with Gasteiger partial charge in [0.2, 0.25) is 0 Å². The molecule has 1 aromatic heterocycles. The van der Waals surface area contributed by atoms with Gasteiger partial charge in [-0.3, -0.25) is 4.79 Å². The van der Waals surface area contributed by atoms with Crippen LogP contribution in [0.1, 0.15) is 25.7 Å². The average Bonchev–Trinajstić information content (AvgIpc) is 2.45. The molecule has 6 nitrogen and oxygen atoms in total. The molecule has 7 heteroatoms. The van der Waals surface area contributed by atoms with Gasteiger partial charge in [0.1, 0.15) is 10.7 Å². The molecule has 1 saturated carbocycles. The predicted molar refractivity (Wildman–Crippen MR) is 78.9 cm³/mol. The number of aromatic nitrogens is 1. The molecule has 1 heterocycles. The number of nitrogens with one attached hydrogen (secondary N) is 1. The summed E-state index contributed by atoms with van der Waals surface area (Å²) in [5.41, 5.74) is 0. The Morgan fingerprint density at radius 1 is 1.38 bits per heavy atom. The normalized spacial score (nSPS) is 22.7. The molecule has 0 unspecified atom stereocenters. The first kappa shape index (κ1) is 15.8. The number of carbonyl (C=O) groups is 1. The molecule has 116 valence electrons. The third kappa shape index (κ3) is 4.17. The van der Waals surface area contributed by atoms with Crippen molar-refractivity contribution in [2.75, 3.05) is 18.1 Å². The molecule has 1 aromatic rings. The van der Waals surface area contributed by atoms with E-state index in [2.05, 4.69) is 10.3 Å². The van der Waals surface area contributed by atoms with Crippen molar-refractivity contribution in [2.45, 2.75) is 30.6 Å². The van der Waals surface area contributed by atoms with Crippen molar-refractivity contribution in [3.05, 3.63) is 18.3 Å². The highest BCUT2D eigenvalue weighted by Gasteiger charge is 2.26. The standard InChI is InChI=1S/C14H20N2O4S/c1-21(19,20)12-3-2-8-15-13(12)16-9-10-4-6-11(7-5-10)14(17)18/h2-3,8,10-11H,4-7,9H2,1H3,(H,15,16)(H,17,18). The maximum atomic E-state index is 11.7. The maximum Gasteiger partial charge on any atom is 0.306 e. The van der Waals surface area contributed by atoms with Crippen molar-refractivity contribution < 1.29 is 18.3 Å². The monoisotopic (exact) mass is 312 g/mol. The first-order valence-electron chi connectivity index (χ1n) is 6.99. The smallest absolute Gasteiger partial charge is 0.306 e. The highest BCUT2D eigenvalue weighted by Crippen LogP contribution is 2.29. The number of sulfone groups is 1. The fourth-order valence-electron chi connectivity index (χ4n) is 2.68. The lowest BCUT2D eigenvalue weighted by Crippen LogP contribution is -2.25. The van der Waals surface area contributed by atoms with Crippen LogP contribution in [0.2, 0.25) is 0 Å². The van der Waals surface area contributed by atoms with E-state index < -0.39 is 15.8 Å². The summed E-state index contributed by atoms with van der Waals surface area (Å²) in [5.74, 6) is -0.219. The molecule has 21 heavy (non-hydrogen) atoms. The van der Waals surface area contributed by atoms with Crippen molar-refractivity contribution in [1.82, 2.24) is 4.98 Å². The molecule has 0 aromatic carbocycles. The van der Waals surface area contributed by atoms with Gasteiger partial charge in [-0.1, -0.05) is 0 Å². The zero-order chi connectivity index (χ0) is 15.5. The van der Waals surface area contributed by atoms with E-state index >= 15 is 0 Å². The van der Waals surface area contributed by atoms with E-state index in [0.717, 1.165) is 19.1 Å². The Kier molecular flexibility index (Phi) is 4.82. The molecule has 0 aliphatic heterocycles. The zero-order valence-electron chi connectivity index (χ0n) is 11.9. The first-order chi connectivity index (χ1) is 9.88. The number of pyridine rings is 1. The highest BCUT2D eigenvalue weighted by atomic mass is 32.2. The number of carboxylic acids is 1. The largest absolute Gasteiger partial charge is 0.481 e. The van der Waals surface area contributed by atoms with Crippen molar-refractivity contribution in [2.24, 2.45) is 11.8 Å². The lowest BCUT2D eigenvalue weighted by molar-refractivity contribution is -0.143. The number of hydrogen-bond acceptors (Lipinski definition) is 5. The van der Waals surface area contributed by atoms with Crippen LogP contribution in [0.5, 0.6) is 0 Å². The first-order valence-corrected chi connectivity index (χ1v) is 8.89. The maximum absolute atomic E-state index is 11.7. The summed E-state index contributed by atoms with van der Waals surface area (Å²) >= 11 is 0. The van der Waals surface area contributed by atoms with Crippen LogP contribution in [0.4, 0.5) is 5.82 Å². The molecular weight excluding hydrogens is 292 g/mol. The topological polar surface area (TPSA) is 96.4 Å². The average molecular weight is 312 g/mol. The van der Waals surface area contributed by atoms with Crippen molar-refractivity contribution in [3.63, 3.8) is 0 Å². The van der Waals surface area contributed by atoms with Gasteiger partial charge in [-0.05, 0) is 43.7 Å². The number of aliphatic carboxylic acids is 1.